The maximum Gasteiger partial charge on any atom is 0.254 e. The van der Waals surface area contributed by atoms with Crippen molar-refractivity contribution in [3.05, 3.63) is 22.4 Å². The Bertz CT molecular complexity index is 481. The van der Waals surface area contributed by atoms with Gasteiger partial charge in [-0.25, -0.2) is 0 Å². The fraction of sp³-hybridized carbons (Fsp3) is 0.600. The third kappa shape index (κ3) is 3.63. The number of thiophene rings is 1. The van der Waals surface area contributed by atoms with E-state index in [1.165, 1.54) is 11.3 Å². The predicted octanol–water partition coefficient (Wildman–Crippen LogP) is 1.41. The van der Waals surface area contributed by atoms with Crippen molar-refractivity contribution in [3.63, 3.8) is 0 Å². The average molecular weight is 309 g/mol. The SMILES string of the molecule is CC[C@H](C)[C@H](N)C(=O)N1CCN(C(=O)c2ccsc2)CC1. The number of carbonyl (C=O) groups is 2. The molecule has 2 atom stereocenters. The van der Waals surface area contributed by atoms with Gasteiger partial charge < -0.3 is 15.5 Å². The normalized spacial score (nSPS) is 18.4. The van der Waals surface area contributed by atoms with E-state index in [1.54, 1.807) is 9.80 Å². The molecule has 0 aromatic carbocycles. The van der Waals surface area contributed by atoms with Crippen molar-refractivity contribution in [2.75, 3.05) is 26.2 Å². The highest BCUT2D eigenvalue weighted by atomic mass is 32.1. The molecule has 0 spiro atoms. The second-order valence-electron chi connectivity index (χ2n) is 5.54. The maximum absolute atomic E-state index is 12.3. The molecule has 1 aromatic heterocycles. The Morgan fingerprint density at radius 2 is 1.90 bits per heavy atom. The van der Waals surface area contributed by atoms with Gasteiger partial charge in [0.15, 0.2) is 0 Å². The minimum atomic E-state index is -0.436. The van der Waals surface area contributed by atoms with E-state index in [9.17, 15) is 9.59 Å². The third-order valence-corrected chi connectivity index (χ3v) is 4.87. The zero-order valence-corrected chi connectivity index (χ0v) is 13.4. The van der Waals surface area contributed by atoms with E-state index in [1.807, 2.05) is 30.7 Å². The monoisotopic (exact) mass is 309 g/mol. The Morgan fingerprint density at radius 3 is 2.43 bits per heavy atom. The van der Waals surface area contributed by atoms with Gasteiger partial charge in [0.1, 0.15) is 0 Å². The van der Waals surface area contributed by atoms with Crippen molar-refractivity contribution >= 4 is 23.2 Å². The molecule has 1 aromatic rings. The zero-order chi connectivity index (χ0) is 15.4. The van der Waals surface area contributed by atoms with Gasteiger partial charge in [0.25, 0.3) is 5.91 Å². The summed E-state index contributed by atoms with van der Waals surface area (Å²) in [4.78, 5) is 28.1. The standard InChI is InChI=1S/C15H23N3O2S/c1-3-11(2)13(16)15(20)18-7-5-17(6-8-18)14(19)12-4-9-21-10-12/h4,9-11,13H,3,5-8,16H2,1-2H3/t11-,13-/m0/s1. The van der Waals surface area contributed by atoms with Crippen molar-refractivity contribution in [1.29, 1.82) is 0 Å². The molecule has 1 saturated heterocycles. The molecule has 1 aliphatic rings. The second-order valence-corrected chi connectivity index (χ2v) is 6.32. The third-order valence-electron chi connectivity index (χ3n) is 4.19. The molecule has 1 fully saturated rings. The van der Waals surface area contributed by atoms with Crippen LogP contribution >= 0.6 is 11.3 Å². The van der Waals surface area contributed by atoms with Crippen LogP contribution in [0.3, 0.4) is 0 Å². The summed E-state index contributed by atoms with van der Waals surface area (Å²) in [5, 5.41) is 3.76. The largest absolute Gasteiger partial charge is 0.338 e. The number of nitrogens with two attached hydrogens (primary N) is 1. The molecular formula is C15H23N3O2S. The van der Waals surface area contributed by atoms with E-state index in [0.717, 1.165) is 12.0 Å². The summed E-state index contributed by atoms with van der Waals surface area (Å²) < 4.78 is 0. The van der Waals surface area contributed by atoms with E-state index in [-0.39, 0.29) is 17.7 Å². The Morgan fingerprint density at radius 1 is 1.29 bits per heavy atom. The lowest BCUT2D eigenvalue weighted by atomic mass is 9.98. The van der Waals surface area contributed by atoms with Gasteiger partial charge in [0.05, 0.1) is 11.6 Å². The predicted molar refractivity (Wildman–Crippen MR) is 84.2 cm³/mol. The molecule has 116 valence electrons. The van der Waals surface area contributed by atoms with Crippen LogP contribution in [-0.4, -0.2) is 53.8 Å². The van der Waals surface area contributed by atoms with Crippen LogP contribution in [0.4, 0.5) is 0 Å². The molecule has 0 bridgehead atoms. The number of rotatable bonds is 4. The first-order chi connectivity index (χ1) is 10.0. The first kappa shape index (κ1) is 16.0. The van der Waals surface area contributed by atoms with Crippen LogP contribution in [0.2, 0.25) is 0 Å². The highest BCUT2D eigenvalue weighted by molar-refractivity contribution is 7.08. The van der Waals surface area contributed by atoms with Gasteiger partial charge in [-0.15, -0.1) is 0 Å². The lowest BCUT2D eigenvalue weighted by molar-refractivity contribution is -0.135. The lowest BCUT2D eigenvalue weighted by Gasteiger charge is -2.36. The van der Waals surface area contributed by atoms with Crippen LogP contribution in [0.5, 0.6) is 0 Å². The van der Waals surface area contributed by atoms with Gasteiger partial charge in [-0.05, 0) is 17.4 Å². The van der Waals surface area contributed by atoms with Crippen molar-refractivity contribution in [3.8, 4) is 0 Å². The van der Waals surface area contributed by atoms with Crippen molar-refractivity contribution < 1.29 is 9.59 Å². The van der Waals surface area contributed by atoms with E-state index >= 15 is 0 Å². The van der Waals surface area contributed by atoms with Crippen LogP contribution in [0.25, 0.3) is 0 Å². The molecular weight excluding hydrogens is 286 g/mol. The fourth-order valence-electron chi connectivity index (χ4n) is 2.41. The minimum Gasteiger partial charge on any atom is -0.338 e. The molecule has 21 heavy (non-hydrogen) atoms. The molecule has 2 N–H and O–H groups in total. The van der Waals surface area contributed by atoms with Crippen molar-refractivity contribution in [1.82, 2.24) is 9.80 Å². The molecule has 5 nitrogen and oxygen atoms in total. The van der Waals surface area contributed by atoms with Crippen LogP contribution in [0.1, 0.15) is 30.6 Å². The molecule has 0 unspecified atom stereocenters. The maximum atomic E-state index is 12.3. The van der Waals surface area contributed by atoms with Crippen LogP contribution in [-0.2, 0) is 4.79 Å². The van der Waals surface area contributed by atoms with Crippen LogP contribution in [0, 0.1) is 5.92 Å². The molecule has 0 aliphatic carbocycles. The van der Waals surface area contributed by atoms with Gasteiger partial charge in [0.2, 0.25) is 5.91 Å². The van der Waals surface area contributed by atoms with Gasteiger partial charge >= 0.3 is 0 Å². The molecule has 2 heterocycles. The molecule has 6 heteroatoms. The quantitative estimate of drug-likeness (QED) is 0.914. The summed E-state index contributed by atoms with van der Waals surface area (Å²) in [6, 6.07) is 1.40. The Hall–Kier alpha value is -1.40. The highest BCUT2D eigenvalue weighted by Crippen LogP contribution is 2.14. The number of hydrogen-bond acceptors (Lipinski definition) is 4. The van der Waals surface area contributed by atoms with Crippen LogP contribution < -0.4 is 5.73 Å². The number of carbonyl (C=O) groups excluding carboxylic acids is 2. The van der Waals surface area contributed by atoms with E-state index in [4.69, 9.17) is 5.73 Å². The summed E-state index contributed by atoms with van der Waals surface area (Å²) >= 11 is 1.52. The summed E-state index contributed by atoms with van der Waals surface area (Å²) in [7, 11) is 0. The molecule has 1 aliphatic heterocycles. The lowest BCUT2D eigenvalue weighted by Crippen LogP contribution is -2.55. The number of amides is 2. The van der Waals surface area contributed by atoms with E-state index in [2.05, 4.69) is 0 Å². The Kier molecular flexibility index (Phi) is 5.36. The average Bonchev–Trinajstić information content (AvgIpc) is 3.06. The van der Waals surface area contributed by atoms with Gasteiger partial charge in [0, 0.05) is 31.6 Å². The van der Waals surface area contributed by atoms with Crippen molar-refractivity contribution in [2.24, 2.45) is 11.7 Å². The summed E-state index contributed by atoms with van der Waals surface area (Å²) in [6.45, 7) is 6.33. The van der Waals surface area contributed by atoms with E-state index < -0.39 is 6.04 Å². The summed E-state index contributed by atoms with van der Waals surface area (Å²) in [5.41, 5.74) is 6.74. The molecule has 2 rings (SSSR count). The molecule has 0 saturated carbocycles. The second kappa shape index (κ2) is 7.04. The Labute approximate surface area is 129 Å². The van der Waals surface area contributed by atoms with Crippen LogP contribution in [0.15, 0.2) is 16.8 Å². The topological polar surface area (TPSA) is 66.6 Å². The number of hydrogen-bond donors (Lipinski definition) is 1. The fourth-order valence-corrected chi connectivity index (χ4v) is 3.04. The van der Waals surface area contributed by atoms with Gasteiger partial charge in [-0.1, -0.05) is 20.3 Å². The smallest absolute Gasteiger partial charge is 0.254 e. The van der Waals surface area contributed by atoms with Crippen molar-refractivity contribution in [2.45, 2.75) is 26.3 Å². The summed E-state index contributed by atoms with van der Waals surface area (Å²) in [5.74, 6) is 0.240. The molecule has 2 amide bonds. The molecule has 0 radical (unpaired) electrons. The van der Waals surface area contributed by atoms with Gasteiger partial charge in [-0.2, -0.15) is 11.3 Å². The summed E-state index contributed by atoms with van der Waals surface area (Å²) in [6.07, 6.45) is 0.892. The van der Waals surface area contributed by atoms with E-state index in [0.29, 0.717) is 26.2 Å². The zero-order valence-electron chi connectivity index (χ0n) is 12.6. The minimum absolute atomic E-state index is 0.00647. The highest BCUT2D eigenvalue weighted by Gasteiger charge is 2.29. The first-order valence-electron chi connectivity index (χ1n) is 7.40. The Balaban J connectivity index is 1.88. The van der Waals surface area contributed by atoms with Gasteiger partial charge in [-0.3, -0.25) is 9.59 Å². The number of piperazine rings is 1. The first-order valence-corrected chi connectivity index (χ1v) is 8.34. The number of nitrogens with zero attached hydrogens (tertiary/aromatic N) is 2.